The monoisotopic (exact) mass is 550 g/mol. The van der Waals surface area contributed by atoms with Crippen molar-refractivity contribution in [2.45, 2.75) is 26.3 Å². The number of hydrogen-bond donors (Lipinski definition) is 0. The van der Waals surface area contributed by atoms with Gasteiger partial charge in [0.25, 0.3) is 0 Å². The van der Waals surface area contributed by atoms with Crippen LogP contribution in [0.3, 0.4) is 0 Å². The first-order chi connectivity index (χ1) is 15.9. The number of aromatic nitrogens is 1. The van der Waals surface area contributed by atoms with Crippen LogP contribution in [-0.4, -0.2) is 41.2 Å². The van der Waals surface area contributed by atoms with E-state index in [2.05, 4.69) is 63.8 Å². The van der Waals surface area contributed by atoms with Crippen molar-refractivity contribution in [3.63, 3.8) is 0 Å². The van der Waals surface area contributed by atoms with Crippen LogP contribution in [0.25, 0.3) is 15.9 Å². The van der Waals surface area contributed by atoms with Gasteiger partial charge in [-0.25, -0.2) is 0 Å². The summed E-state index contributed by atoms with van der Waals surface area (Å²) in [7, 11) is 3.43. The summed E-state index contributed by atoms with van der Waals surface area (Å²) in [4.78, 5) is 15.9. The Hall–Kier alpha value is -2.24. The Labute approximate surface area is 210 Å². The third kappa shape index (κ3) is 4.85. The molecule has 0 unspecified atom stereocenters. The molecule has 1 aromatic heterocycles. The van der Waals surface area contributed by atoms with Crippen LogP contribution in [0.5, 0.6) is 0 Å². The number of carbonyl (C=O) groups is 1. The molecule has 1 aliphatic heterocycles. The molecule has 0 atom stereocenters. The Kier molecular flexibility index (Phi) is 7.50. The number of methoxy groups -OCH3 is 1. The maximum atomic E-state index is 11.6. The van der Waals surface area contributed by atoms with Crippen LogP contribution in [0.4, 0.5) is 11.4 Å². The fourth-order valence-corrected chi connectivity index (χ4v) is 6.78. The molecular formula is C25H26Cl2N3O2Se+. The molecule has 0 N–H and O–H groups in total. The van der Waals surface area contributed by atoms with Crippen molar-refractivity contribution < 1.29 is 14.1 Å². The van der Waals surface area contributed by atoms with Crippen molar-refractivity contribution in [2.75, 3.05) is 30.5 Å². The van der Waals surface area contributed by atoms with Crippen molar-refractivity contribution >= 4 is 70.9 Å². The van der Waals surface area contributed by atoms with Crippen molar-refractivity contribution in [3.05, 3.63) is 69.0 Å². The third-order valence-corrected chi connectivity index (χ3v) is 8.81. The summed E-state index contributed by atoms with van der Waals surface area (Å²) in [5.41, 5.74) is 3.28. The maximum absolute atomic E-state index is 11.6. The Balaban J connectivity index is 1.66. The van der Waals surface area contributed by atoms with E-state index in [1.807, 2.05) is 19.2 Å². The van der Waals surface area contributed by atoms with Gasteiger partial charge in [-0.3, -0.25) is 0 Å². The fourth-order valence-electron chi connectivity index (χ4n) is 4.08. The molecule has 0 bridgehead atoms. The van der Waals surface area contributed by atoms with Gasteiger partial charge in [-0.2, -0.15) is 0 Å². The molecule has 0 fully saturated rings. The molecule has 4 rings (SSSR count). The molecule has 5 nitrogen and oxygen atoms in total. The SMILES string of the molecule is CC[n+]1c(C=CC=C2N(C)c3cc(Cl)c(Cl)cc3N2CCCC(=O)OC)[se]c2ccccc21. The number of anilines is 2. The van der Waals surface area contributed by atoms with Crippen LogP contribution < -0.4 is 14.4 Å². The van der Waals surface area contributed by atoms with Crippen molar-refractivity contribution in [3.8, 4) is 0 Å². The van der Waals surface area contributed by atoms with Gasteiger partial charge in [-0.05, 0) is 0 Å². The molecule has 2 heterocycles. The van der Waals surface area contributed by atoms with Crippen molar-refractivity contribution in [1.29, 1.82) is 0 Å². The van der Waals surface area contributed by atoms with Crippen molar-refractivity contribution in [1.82, 2.24) is 0 Å². The zero-order valence-electron chi connectivity index (χ0n) is 18.8. The summed E-state index contributed by atoms with van der Waals surface area (Å²) < 4.78 is 9.93. The van der Waals surface area contributed by atoms with E-state index < -0.39 is 0 Å². The van der Waals surface area contributed by atoms with Gasteiger partial charge in [0, 0.05) is 0 Å². The molecule has 2 aromatic carbocycles. The quantitative estimate of drug-likeness (QED) is 0.228. The summed E-state index contributed by atoms with van der Waals surface area (Å²) >= 11 is 12.9. The number of carbonyl (C=O) groups excluding carboxylic acids is 1. The Morgan fingerprint density at radius 1 is 1.18 bits per heavy atom. The zero-order valence-corrected chi connectivity index (χ0v) is 22.1. The van der Waals surface area contributed by atoms with Gasteiger partial charge in [-0.15, -0.1) is 0 Å². The molecule has 0 saturated carbocycles. The summed E-state index contributed by atoms with van der Waals surface area (Å²) in [6.45, 7) is 3.79. The van der Waals surface area contributed by atoms with Crippen LogP contribution in [0.1, 0.15) is 24.3 Å². The summed E-state index contributed by atoms with van der Waals surface area (Å²) in [5, 5.41) is 1.04. The molecule has 3 aromatic rings. The van der Waals surface area contributed by atoms with Gasteiger partial charge >= 0.3 is 211 Å². The van der Waals surface area contributed by atoms with E-state index in [0.29, 0.717) is 29.4 Å². The fraction of sp³-hybridized carbons (Fsp3) is 0.280. The number of esters is 1. The van der Waals surface area contributed by atoms with E-state index >= 15 is 0 Å². The first-order valence-corrected chi connectivity index (χ1v) is 13.3. The average Bonchev–Trinajstić information content (AvgIpc) is 3.29. The minimum absolute atomic E-state index is 0.207. The predicted molar refractivity (Wildman–Crippen MR) is 137 cm³/mol. The molecule has 1 aliphatic rings. The molecule has 8 heteroatoms. The van der Waals surface area contributed by atoms with Gasteiger partial charge in [0.15, 0.2) is 0 Å². The number of ether oxygens (including phenoxy) is 1. The summed E-state index contributed by atoms with van der Waals surface area (Å²) in [6, 6.07) is 12.4. The first-order valence-electron chi connectivity index (χ1n) is 10.8. The molecule has 0 amide bonds. The van der Waals surface area contributed by atoms with Crippen molar-refractivity contribution in [2.24, 2.45) is 0 Å². The van der Waals surface area contributed by atoms with E-state index in [1.54, 1.807) is 0 Å². The third-order valence-electron chi connectivity index (χ3n) is 5.72. The van der Waals surface area contributed by atoms with E-state index in [-0.39, 0.29) is 20.5 Å². The molecule has 172 valence electrons. The van der Waals surface area contributed by atoms with Gasteiger partial charge in [0.1, 0.15) is 0 Å². The zero-order chi connectivity index (χ0) is 23.5. The van der Waals surface area contributed by atoms with Gasteiger partial charge < -0.3 is 0 Å². The molecule has 0 radical (unpaired) electrons. The predicted octanol–water partition coefficient (Wildman–Crippen LogP) is 5.28. The van der Waals surface area contributed by atoms with Crippen LogP contribution in [0.2, 0.25) is 10.0 Å². The summed E-state index contributed by atoms with van der Waals surface area (Å²) in [5.74, 6) is 0.803. The number of rotatable bonds is 7. The second-order valence-corrected chi connectivity index (χ2v) is 10.7. The Bertz CT molecular complexity index is 1250. The number of hydrogen-bond acceptors (Lipinski definition) is 4. The normalized spacial score (nSPS) is 14.6. The van der Waals surface area contributed by atoms with E-state index in [4.69, 9.17) is 27.9 Å². The standard InChI is InChI=1S/C25H26Cl2N3O2Se/c1-4-29-19-9-5-6-10-22(19)33-24(29)12-7-11-23-28(2)20-15-17(26)18(27)16-21(20)30(23)14-8-13-25(31)32-3/h5-7,9-12,15-16H,4,8,13-14H2,1-3H3/q+1. The second-order valence-electron chi connectivity index (χ2n) is 7.68. The Morgan fingerprint density at radius 2 is 1.91 bits per heavy atom. The van der Waals surface area contributed by atoms with Crippen LogP contribution in [-0.2, 0) is 16.1 Å². The number of fused-ring (bicyclic) bond motifs is 2. The van der Waals surface area contributed by atoms with E-state index in [1.165, 1.54) is 21.5 Å². The molecule has 33 heavy (non-hydrogen) atoms. The molecular weight excluding hydrogens is 524 g/mol. The average molecular weight is 550 g/mol. The van der Waals surface area contributed by atoms with E-state index in [9.17, 15) is 4.79 Å². The van der Waals surface area contributed by atoms with Gasteiger partial charge in [0.05, 0.1) is 0 Å². The van der Waals surface area contributed by atoms with Crippen LogP contribution >= 0.6 is 23.2 Å². The number of para-hydroxylation sites is 1. The minimum atomic E-state index is -0.207. The first kappa shape index (κ1) is 23.9. The number of benzene rings is 2. The second kappa shape index (κ2) is 10.4. The number of nitrogens with zero attached hydrogens (tertiary/aromatic N) is 3. The summed E-state index contributed by atoms with van der Waals surface area (Å²) in [6.07, 6.45) is 7.46. The number of allylic oxidation sites excluding steroid dienone is 2. The van der Waals surface area contributed by atoms with Gasteiger partial charge in [-0.1, -0.05) is 0 Å². The van der Waals surface area contributed by atoms with E-state index in [0.717, 1.165) is 23.7 Å². The topological polar surface area (TPSA) is 36.7 Å². The van der Waals surface area contributed by atoms with Crippen LogP contribution in [0.15, 0.2) is 54.4 Å². The Morgan fingerprint density at radius 3 is 2.64 bits per heavy atom. The molecule has 0 aliphatic carbocycles. The molecule has 0 spiro atoms. The van der Waals surface area contributed by atoms with Crippen LogP contribution in [0, 0.1) is 0 Å². The number of aryl methyl sites for hydroxylation is 1. The number of halogens is 2. The molecule has 0 saturated heterocycles. The van der Waals surface area contributed by atoms with Gasteiger partial charge in [0.2, 0.25) is 0 Å².